The van der Waals surface area contributed by atoms with E-state index >= 15 is 0 Å². The van der Waals surface area contributed by atoms with Gasteiger partial charge in [0.25, 0.3) is 0 Å². The van der Waals surface area contributed by atoms with Crippen molar-refractivity contribution in [1.29, 1.82) is 0 Å². The fraction of sp³-hybridized carbons (Fsp3) is 0.529. The van der Waals surface area contributed by atoms with Gasteiger partial charge in [-0.1, -0.05) is 19.1 Å². The predicted octanol–water partition coefficient (Wildman–Crippen LogP) is 2.43. The standard InChI is InChI=1S/C17H25NO4/c1-4-5-16(19)18(13-11-17(20)22-3)12-10-14-6-8-15(21-2)9-7-14/h6-9H,4-5,10-13H2,1-3H3. The number of esters is 1. The molecule has 0 spiro atoms. The van der Waals surface area contributed by atoms with Crippen molar-refractivity contribution in [2.24, 2.45) is 0 Å². The fourth-order valence-corrected chi connectivity index (χ4v) is 2.12. The lowest BCUT2D eigenvalue weighted by atomic mass is 10.1. The van der Waals surface area contributed by atoms with Crippen LogP contribution in [0.25, 0.3) is 0 Å². The number of carbonyl (C=O) groups is 2. The van der Waals surface area contributed by atoms with Gasteiger partial charge in [-0.15, -0.1) is 0 Å². The average Bonchev–Trinajstić information content (AvgIpc) is 2.55. The first-order chi connectivity index (χ1) is 10.6. The van der Waals surface area contributed by atoms with Gasteiger partial charge in [-0.25, -0.2) is 0 Å². The summed E-state index contributed by atoms with van der Waals surface area (Å²) in [6.07, 6.45) is 2.29. The molecule has 0 fully saturated rings. The molecule has 0 aliphatic carbocycles. The Hall–Kier alpha value is -2.04. The largest absolute Gasteiger partial charge is 0.497 e. The number of benzene rings is 1. The molecule has 0 N–H and O–H groups in total. The molecule has 0 aromatic heterocycles. The Morgan fingerprint density at radius 3 is 2.27 bits per heavy atom. The Kier molecular flexibility index (Phi) is 8.04. The van der Waals surface area contributed by atoms with Crippen LogP contribution in [0.1, 0.15) is 31.7 Å². The van der Waals surface area contributed by atoms with E-state index < -0.39 is 0 Å². The van der Waals surface area contributed by atoms with Gasteiger partial charge >= 0.3 is 5.97 Å². The molecule has 1 aromatic rings. The molecule has 1 amide bonds. The molecule has 0 atom stereocenters. The zero-order chi connectivity index (χ0) is 16.4. The highest BCUT2D eigenvalue weighted by atomic mass is 16.5. The van der Waals surface area contributed by atoms with E-state index in [0.717, 1.165) is 24.2 Å². The van der Waals surface area contributed by atoms with Crippen molar-refractivity contribution in [3.05, 3.63) is 29.8 Å². The van der Waals surface area contributed by atoms with Crippen LogP contribution in [0.15, 0.2) is 24.3 Å². The molecule has 0 aliphatic heterocycles. The maximum absolute atomic E-state index is 12.1. The van der Waals surface area contributed by atoms with Crippen LogP contribution >= 0.6 is 0 Å². The first-order valence-electron chi connectivity index (χ1n) is 7.58. The van der Waals surface area contributed by atoms with Crippen LogP contribution in [0, 0.1) is 0 Å². The van der Waals surface area contributed by atoms with Crippen LogP contribution < -0.4 is 4.74 Å². The van der Waals surface area contributed by atoms with Crippen molar-refractivity contribution in [2.45, 2.75) is 32.6 Å². The highest BCUT2D eigenvalue weighted by Crippen LogP contribution is 2.12. The van der Waals surface area contributed by atoms with Crippen molar-refractivity contribution in [1.82, 2.24) is 4.90 Å². The van der Waals surface area contributed by atoms with E-state index in [1.54, 1.807) is 12.0 Å². The number of amides is 1. The highest BCUT2D eigenvalue weighted by Gasteiger charge is 2.14. The molecular formula is C17H25NO4. The molecule has 0 unspecified atom stereocenters. The molecule has 0 radical (unpaired) electrons. The van der Waals surface area contributed by atoms with Crippen molar-refractivity contribution in [3.8, 4) is 5.75 Å². The first kappa shape index (κ1) is 18.0. The zero-order valence-electron chi connectivity index (χ0n) is 13.6. The van der Waals surface area contributed by atoms with Crippen LogP contribution in [0.2, 0.25) is 0 Å². The molecule has 0 saturated carbocycles. The summed E-state index contributed by atoms with van der Waals surface area (Å²) in [7, 11) is 2.99. The predicted molar refractivity (Wildman–Crippen MR) is 84.8 cm³/mol. The number of carbonyl (C=O) groups excluding carboxylic acids is 2. The minimum Gasteiger partial charge on any atom is -0.497 e. The zero-order valence-corrected chi connectivity index (χ0v) is 13.6. The molecule has 5 nitrogen and oxygen atoms in total. The Bertz CT molecular complexity index is 470. The number of hydrogen-bond acceptors (Lipinski definition) is 4. The number of methoxy groups -OCH3 is 2. The van der Waals surface area contributed by atoms with E-state index in [-0.39, 0.29) is 18.3 Å². The maximum atomic E-state index is 12.1. The summed E-state index contributed by atoms with van der Waals surface area (Å²) >= 11 is 0. The molecule has 5 heteroatoms. The van der Waals surface area contributed by atoms with Crippen LogP contribution in [-0.2, 0) is 20.7 Å². The molecule has 1 aromatic carbocycles. The molecular weight excluding hydrogens is 282 g/mol. The lowest BCUT2D eigenvalue weighted by Gasteiger charge is -2.22. The van der Waals surface area contributed by atoms with Gasteiger partial charge in [-0.3, -0.25) is 9.59 Å². The molecule has 122 valence electrons. The summed E-state index contributed by atoms with van der Waals surface area (Å²) in [5.74, 6) is 0.604. The summed E-state index contributed by atoms with van der Waals surface area (Å²) in [4.78, 5) is 25.1. The topological polar surface area (TPSA) is 55.8 Å². The lowest BCUT2D eigenvalue weighted by Crippen LogP contribution is -2.34. The van der Waals surface area contributed by atoms with Gasteiger partial charge in [0.2, 0.25) is 5.91 Å². The second-order valence-electron chi connectivity index (χ2n) is 5.05. The minimum atomic E-state index is -0.293. The Labute approximate surface area is 132 Å². The number of ether oxygens (including phenoxy) is 2. The normalized spacial score (nSPS) is 10.1. The maximum Gasteiger partial charge on any atom is 0.307 e. The molecule has 0 bridgehead atoms. The fourth-order valence-electron chi connectivity index (χ4n) is 2.12. The van der Waals surface area contributed by atoms with Crippen molar-refractivity contribution >= 4 is 11.9 Å². The van der Waals surface area contributed by atoms with E-state index in [1.807, 2.05) is 31.2 Å². The third-order valence-corrected chi connectivity index (χ3v) is 3.46. The SMILES string of the molecule is CCCC(=O)N(CCC(=O)OC)CCc1ccc(OC)cc1. The van der Waals surface area contributed by atoms with Crippen LogP contribution in [-0.4, -0.2) is 44.1 Å². The van der Waals surface area contributed by atoms with Crippen LogP contribution in [0.5, 0.6) is 5.75 Å². The van der Waals surface area contributed by atoms with Crippen molar-refractivity contribution in [2.75, 3.05) is 27.3 Å². The average molecular weight is 307 g/mol. The molecule has 0 heterocycles. The Morgan fingerprint density at radius 1 is 1.05 bits per heavy atom. The second-order valence-corrected chi connectivity index (χ2v) is 5.05. The molecule has 22 heavy (non-hydrogen) atoms. The molecule has 0 saturated heterocycles. The van der Waals surface area contributed by atoms with Crippen molar-refractivity contribution in [3.63, 3.8) is 0 Å². The highest BCUT2D eigenvalue weighted by molar-refractivity contribution is 5.77. The summed E-state index contributed by atoms with van der Waals surface area (Å²) in [6.45, 7) is 2.98. The quantitative estimate of drug-likeness (QED) is 0.658. The summed E-state index contributed by atoms with van der Waals surface area (Å²) in [5.41, 5.74) is 1.13. The van der Waals surface area contributed by atoms with Gasteiger partial charge in [0.1, 0.15) is 5.75 Å². The lowest BCUT2D eigenvalue weighted by molar-refractivity contribution is -0.141. The summed E-state index contributed by atoms with van der Waals surface area (Å²) in [5, 5.41) is 0. The first-order valence-corrected chi connectivity index (χ1v) is 7.58. The summed E-state index contributed by atoms with van der Waals surface area (Å²) in [6, 6.07) is 7.78. The van der Waals surface area contributed by atoms with E-state index in [2.05, 4.69) is 4.74 Å². The monoisotopic (exact) mass is 307 g/mol. The molecule has 0 aliphatic rings. The third-order valence-electron chi connectivity index (χ3n) is 3.46. The minimum absolute atomic E-state index is 0.0833. The van der Waals surface area contributed by atoms with Crippen molar-refractivity contribution < 1.29 is 19.1 Å². The smallest absolute Gasteiger partial charge is 0.307 e. The van der Waals surface area contributed by atoms with Gasteiger partial charge in [0.05, 0.1) is 20.6 Å². The van der Waals surface area contributed by atoms with E-state index in [1.165, 1.54) is 7.11 Å². The summed E-state index contributed by atoms with van der Waals surface area (Å²) < 4.78 is 9.76. The van der Waals surface area contributed by atoms with Crippen LogP contribution in [0.3, 0.4) is 0 Å². The van der Waals surface area contributed by atoms with Gasteiger partial charge in [0, 0.05) is 19.5 Å². The third kappa shape index (κ3) is 6.16. The van der Waals surface area contributed by atoms with E-state index in [4.69, 9.17) is 4.74 Å². The second kappa shape index (κ2) is 9.82. The van der Waals surface area contributed by atoms with E-state index in [9.17, 15) is 9.59 Å². The number of rotatable bonds is 9. The Morgan fingerprint density at radius 2 is 1.73 bits per heavy atom. The van der Waals surface area contributed by atoms with Gasteiger partial charge in [0.15, 0.2) is 0 Å². The van der Waals surface area contributed by atoms with Gasteiger partial charge in [-0.2, -0.15) is 0 Å². The Balaban J connectivity index is 2.58. The van der Waals surface area contributed by atoms with Gasteiger partial charge < -0.3 is 14.4 Å². The van der Waals surface area contributed by atoms with Gasteiger partial charge in [-0.05, 0) is 30.5 Å². The van der Waals surface area contributed by atoms with Crippen LogP contribution in [0.4, 0.5) is 0 Å². The van der Waals surface area contributed by atoms with E-state index in [0.29, 0.717) is 19.5 Å². The number of nitrogens with zero attached hydrogens (tertiary/aromatic N) is 1. The molecule has 1 rings (SSSR count). The number of hydrogen-bond donors (Lipinski definition) is 0.